The van der Waals surface area contributed by atoms with E-state index in [1.165, 1.54) is 0 Å². The highest BCUT2D eigenvalue weighted by molar-refractivity contribution is 7.89. The van der Waals surface area contributed by atoms with Crippen molar-refractivity contribution in [1.82, 2.24) is 9.71 Å². The van der Waals surface area contributed by atoms with Crippen LogP contribution in [0.5, 0.6) is 0 Å². The zero-order chi connectivity index (χ0) is 14.6. The molecule has 1 fully saturated rings. The molecule has 0 aliphatic carbocycles. The summed E-state index contributed by atoms with van der Waals surface area (Å²) in [4.78, 5) is 4.28. The van der Waals surface area contributed by atoms with Crippen molar-refractivity contribution in [1.29, 1.82) is 0 Å². The Hall–Kier alpha value is -1.18. The van der Waals surface area contributed by atoms with E-state index in [4.69, 9.17) is 4.74 Å². The van der Waals surface area contributed by atoms with Gasteiger partial charge in [-0.05, 0) is 38.8 Å². The van der Waals surface area contributed by atoms with E-state index in [1.807, 2.05) is 13.8 Å². The minimum atomic E-state index is -3.57. The molecular weight excluding hydrogens is 278 g/mol. The molecule has 7 heteroatoms. The zero-order valence-corrected chi connectivity index (χ0v) is 12.6. The van der Waals surface area contributed by atoms with Crippen molar-refractivity contribution >= 4 is 15.8 Å². The first-order valence-corrected chi connectivity index (χ1v) is 8.34. The average Bonchev–Trinajstić information content (AvgIpc) is 2.39. The molecule has 20 heavy (non-hydrogen) atoms. The van der Waals surface area contributed by atoms with Crippen molar-refractivity contribution in [3.05, 3.63) is 18.3 Å². The van der Waals surface area contributed by atoms with Gasteiger partial charge in [-0.1, -0.05) is 0 Å². The molecule has 1 aliphatic heterocycles. The first-order valence-electron chi connectivity index (χ1n) is 6.85. The lowest BCUT2D eigenvalue weighted by Gasteiger charge is -2.27. The summed E-state index contributed by atoms with van der Waals surface area (Å²) in [5.74, 6) is 0.391. The first kappa shape index (κ1) is 15.2. The summed E-state index contributed by atoms with van der Waals surface area (Å²) in [5.41, 5.74) is 0. The predicted molar refractivity (Wildman–Crippen MR) is 77.2 cm³/mol. The van der Waals surface area contributed by atoms with E-state index in [0.717, 1.165) is 0 Å². The third-order valence-electron chi connectivity index (χ3n) is 3.21. The molecule has 0 amide bonds. The van der Waals surface area contributed by atoms with Gasteiger partial charge >= 0.3 is 0 Å². The number of aromatic nitrogens is 1. The molecule has 112 valence electrons. The van der Waals surface area contributed by atoms with Gasteiger partial charge in [0.05, 0.1) is 6.10 Å². The Morgan fingerprint density at radius 2 is 2.30 bits per heavy atom. The van der Waals surface area contributed by atoms with Crippen LogP contribution in [-0.4, -0.2) is 38.7 Å². The number of hydrogen-bond donors (Lipinski definition) is 2. The molecule has 0 radical (unpaired) electrons. The van der Waals surface area contributed by atoms with Gasteiger partial charge in [0.15, 0.2) is 0 Å². The van der Waals surface area contributed by atoms with Crippen LogP contribution in [0, 0.1) is 0 Å². The highest BCUT2D eigenvalue weighted by Crippen LogP contribution is 2.21. The lowest BCUT2D eigenvalue weighted by Crippen LogP contribution is -2.41. The molecule has 2 heterocycles. The molecule has 2 unspecified atom stereocenters. The van der Waals surface area contributed by atoms with Gasteiger partial charge in [0.1, 0.15) is 10.7 Å². The lowest BCUT2D eigenvalue weighted by molar-refractivity contribution is 0.0173. The standard InChI is InChI=1S/C13H21N3O3S/c1-3-14-13-12(5-4-7-15-13)20(17,18)16-11-6-8-19-10(2)9-11/h4-5,7,10-11,16H,3,6,8-9H2,1-2H3,(H,14,15). The van der Waals surface area contributed by atoms with Crippen molar-refractivity contribution in [2.75, 3.05) is 18.5 Å². The number of sulfonamides is 1. The lowest BCUT2D eigenvalue weighted by atomic mass is 10.1. The second-order valence-electron chi connectivity index (χ2n) is 4.90. The molecule has 0 saturated carbocycles. The van der Waals surface area contributed by atoms with E-state index in [1.54, 1.807) is 18.3 Å². The van der Waals surface area contributed by atoms with Crippen molar-refractivity contribution in [2.45, 2.75) is 43.7 Å². The number of nitrogens with zero attached hydrogens (tertiary/aromatic N) is 1. The van der Waals surface area contributed by atoms with Crippen molar-refractivity contribution < 1.29 is 13.2 Å². The molecule has 2 rings (SSSR count). The first-order chi connectivity index (χ1) is 9.53. The van der Waals surface area contributed by atoms with Crippen molar-refractivity contribution in [3.8, 4) is 0 Å². The summed E-state index contributed by atoms with van der Waals surface area (Å²) in [5, 5.41) is 2.97. The van der Waals surface area contributed by atoms with Gasteiger partial charge in [-0.15, -0.1) is 0 Å². The molecule has 1 aromatic rings. The summed E-state index contributed by atoms with van der Waals surface area (Å²) >= 11 is 0. The van der Waals surface area contributed by atoms with Gasteiger partial charge in [-0.3, -0.25) is 0 Å². The highest BCUT2D eigenvalue weighted by atomic mass is 32.2. The fraction of sp³-hybridized carbons (Fsp3) is 0.615. The van der Waals surface area contributed by atoms with Crippen LogP contribution in [0.25, 0.3) is 0 Å². The Bertz CT molecular complexity index is 548. The van der Waals surface area contributed by atoms with Crippen molar-refractivity contribution in [2.24, 2.45) is 0 Å². The normalized spacial score (nSPS) is 23.5. The smallest absolute Gasteiger partial charge is 0.244 e. The molecular formula is C13H21N3O3S. The Morgan fingerprint density at radius 3 is 3.00 bits per heavy atom. The Labute approximate surface area is 120 Å². The van der Waals surface area contributed by atoms with E-state index in [2.05, 4.69) is 15.0 Å². The van der Waals surface area contributed by atoms with E-state index in [0.29, 0.717) is 31.8 Å². The molecule has 1 aliphatic rings. The van der Waals surface area contributed by atoms with Gasteiger partial charge in [0.25, 0.3) is 0 Å². The largest absolute Gasteiger partial charge is 0.378 e. The molecule has 2 N–H and O–H groups in total. The Morgan fingerprint density at radius 1 is 1.50 bits per heavy atom. The minimum absolute atomic E-state index is 0.0820. The second kappa shape index (κ2) is 6.51. The van der Waals surface area contributed by atoms with Crippen LogP contribution in [-0.2, 0) is 14.8 Å². The third-order valence-corrected chi connectivity index (χ3v) is 4.76. The zero-order valence-electron chi connectivity index (χ0n) is 11.8. The number of anilines is 1. The van der Waals surface area contributed by atoms with Gasteiger partial charge in [-0.2, -0.15) is 0 Å². The number of nitrogens with one attached hydrogen (secondary N) is 2. The van der Waals surface area contributed by atoms with E-state index in [9.17, 15) is 8.42 Å². The maximum absolute atomic E-state index is 12.5. The number of hydrogen-bond acceptors (Lipinski definition) is 5. The molecule has 6 nitrogen and oxygen atoms in total. The van der Waals surface area contributed by atoms with Gasteiger partial charge in [0, 0.05) is 25.4 Å². The number of pyridine rings is 1. The van der Waals surface area contributed by atoms with Crippen LogP contribution in [0.1, 0.15) is 26.7 Å². The topological polar surface area (TPSA) is 80.3 Å². The minimum Gasteiger partial charge on any atom is -0.378 e. The summed E-state index contributed by atoms with van der Waals surface area (Å²) in [6, 6.07) is 3.11. The fourth-order valence-corrected chi connectivity index (χ4v) is 3.71. The van der Waals surface area contributed by atoms with Crippen molar-refractivity contribution in [3.63, 3.8) is 0 Å². The van der Waals surface area contributed by atoms with Crippen LogP contribution in [0.3, 0.4) is 0 Å². The average molecular weight is 299 g/mol. The summed E-state index contributed by atoms with van der Waals surface area (Å²) in [6.45, 7) is 5.06. The van der Waals surface area contributed by atoms with Crippen LogP contribution in [0.4, 0.5) is 5.82 Å². The highest BCUT2D eigenvalue weighted by Gasteiger charge is 2.26. The Balaban J connectivity index is 2.17. The summed E-state index contributed by atoms with van der Waals surface area (Å²) < 4.78 is 33.1. The van der Waals surface area contributed by atoms with E-state index in [-0.39, 0.29) is 17.0 Å². The van der Waals surface area contributed by atoms with Gasteiger partial charge in [-0.25, -0.2) is 18.1 Å². The van der Waals surface area contributed by atoms with Crippen LogP contribution in [0.2, 0.25) is 0 Å². The molecule has 0 spiro atoms. The van der Waals surface area contributed by atoms with E-state index < -0.39 is 10.0 Å². The van der Waals surface area contributed by atoms with Crippen LogP contribution in [0.15, 0.2) is 23.2 Å². The van der Waals surface area contributed by atoms with E-state index >= 15 is 0 Å². The summed E-state index contributed by atoms with van der Waals surface area (Å²) in [7, 11) is -3.57. The summed E-state index contributed by atoms with van der Waals surface area (Å²) in [6.07, 6.45) is 3.04. The molecule has 2 atom stereocenters. The van der Waals surface area contributed by atoms with Crippen LogP contribution < -0.4 is 10.0 Å². The monoisotopic (exact) mass is 299 g/mol. The molecule has 1 aromatic heterocycles. The van der Waals surface area contributed by atoms with Gasteiger partial charge in [0.2, 0.25) is 10.0 Å². The predicted octanol–water partition coefficient (Wildman–Crippen LogP) is 1.36. The maximum Gasteiger partial charge on any atom is 0.244 e. The fourth-order valence-electron chi connectivity index (χ4n) is 2.30. The Kier molecular flexibility index (Phi) is 4.95. The number of ether oxygens (including phenoxy) is 1. The molecule has 0 aromatic carbocycles. The maximum atomic E-state index is 12.5. The third kappa shape index (κ3) is 3.68. The molecule has 0 bridgehead atoms. The number of rotatable bonds is 5. The SMILES string of the molecule is CCNc1ncccc1S(=O)(=O)NC1CCOC(C)C1. The van der Waals surface area contributed by atoms with Crippen LogP contribution >= 0.6 is 0 Å². The quantitative estimate of drug-likeness (QED) is 0.858. The second-order valence-corrected chi connectivity index (χ2v) is 6.59. The molecule has 1 saturated heterocycles. The van der Waals surface area contributed by atoms with Gasteiger partial charge < -0.3 is 10.1 Å².